The molecule has 0 spiro atoms. The number of likely N-dealkylation sites (tertiary alicyclic amines) is 1. The normalized spacial score (nSPS) is 14.6. The van der Waals surface area contributed by atoms with E-state index in [9.17, 15) is 0 Å². The van der Waals surface area contributed by atoms with Crippen LogP contribution in [0.1, 0.15) is 24.4 Å². The number of nitrogens with two attached hydrogens (primary N) is 1. The molecule has 0 radical (unpaired) electrons. The molecule has 4 heterocycles. The third kappa shape index (κ3) is 4.53. The first-order valence-corrected chi connectivity index (χ1v) is 12.4. The van der Waals surface area contributed by atoms with Crippen LogP contribution in [0.5, 0.6) is 0 Å². The number of piperidine rings is 1. The summed E-state index contributed by atoms with van der Waals surface area (Å²) in [6.45, 7) is 10.3. The van der Waals surface area contributed by atoms with E-state index in [0.717, 1.165) is 65.9 Å². The summed E-state index contributed by atoms with van der Waals surface area (Å²) in [5, 5.41) is 5.38. The molecule has 0 amide bonds. The Morgan fingerprint density at radius 3 is 2.46 bits per heavy atom. The summed E-state index contributed by atoms with van der Waals surface area (Å²) >= 11 is 0. The van der Waals surface area contributed by atoms with Crippen molar-refractivity contribution < 1.29 is 0 Å². The van der Waals surface area contributed by atoms with Crippen LogP contribution < -0.4 is 5.73 Å². The van der Waals surface area contributed by atoms with Gasteiger partial charge in [0, 0.05) is 31.4 Å². The third-order valence-corrected chi connectivity index (χ3v) is 7.05. The van der Waals surface area contributed by atoms with Crippen LogP contribution in [0.4, 0.5) is 11.5 Å². The minimum atomic E-state index is 0.311. The minimum absolute atomic E-state index is 0.311. The van der Waals surface area contributed by atoms with Crippen LogP contribution in [0.2, 0.25) is 0 Å². The smallest absolute Gasteiger partial charge is 0.205 e. The molecule has 8 heteroatoms. The SMILES string of the molecule is [C-]#[N+]c1cnc(-c2ccc(CN3CCC(n4ncc5c(N)ncnc54)CC3)cc2)c(-c2ccccc2)c1. The second kappa shape index (κ2) is 9.80. The van der Waals surface area contributed by atoms with Crippen LogP contribution in [0.25, 0.3) is 38.3 Å². The van der Waals surface area contributed by atoms with Crippen molar-refractivity contribution in [2.45, 2.75) is 25.4 Å². The molecular formula is C29H26N8. The van der Waals surface area contributed by atoms with Crippen molar-refractivity contribution >= 4 is 22.5 Å². The second-order valence-corrected chi connectivity index (χ2v) is 9.36. The number of hydrogen-bond donors (Lipinski definition) is 1. The molecule has 5 aromatic rings. The molecule has 1 aliphatic rings. The maximum atomic E-state index is 7.39. The average molecular weight is 487 g/mol. The summed E-state index contributed by atoms with van der Waals surface area (Å²) in [6.07, 6.45) is 6.95. The van der Waals surface area contributed by atoms with E-state index in [1.54, 1.807) is 12.4 Å². The number of nitrogens with zero attached hydrogens (tertiary/aromatic N) is 7. The first kappa shape index (κ1) is 22.8. The summed E-state index contributed by atoms with van der Waals surface area (Å²) < 4.78 is 2.01. The van der Waals surface area contributed by atoms with Gasteiger partial charge in [0.1, 0.15) is 12.1 Å². The Balaban J connectivity index is 1.15. The van der Waals surface area contributed by atoms with Crippen LogP contribution in [0.15, 0.2) is 79.4 Å². The van der Waals surface area contributed by atoms with Crippen molar-refractivity contribution in [1.82, 2.24) is 29.6 Å². The van der Waals surface area contributed by atoms with Gasteiger partial charge in [-0.3, -0.25) is 9.88 Å². The molecule has 1 aliphatic heterocycles. The summed E-state index contributed by atoms with van der Waals surface area (Å²) in [5.74, 6) is 0.477. The fraction of sp³-hybridized carbons (Fsp3) is 0.207. The molecule has 0 unspecified atom stereocenters. The molecule has 3 aromatic heterocycles. The molecular weight excluding hydrogens is 460 g/mol. The number of rotatable bonds is 5. The van der Waals surface area contributed by atoms with Crippen molar-refractivity contribution in [3.05, 3.63) is 96.4 Å². The van der Waals surface area contributed by atoms with E-state index in [1.807, 2.05) is 28.9 Å². The zero-order chi connectivity index (χ0) is 25.2. The predicted octanol–water partition coefficient (Wildman–Crippen LogP) is 5.53. The Bertz CT molecular complexity index is 1580. The molecule has 0 bridgehead atoms. The Kier molecular flexibility index (Phi) is 6.05. The topological polar surface area (TPSA) is 90.1 Å². The predicted molar refractivity (Wildman–Crippen MR) is 145 cm³/mol. The number of anilines is 1. The highest BCUT2D eigenvalue weighted by molar-refractivity contribution is 5.85. The molecule has 1 fully saturated rings. The second-order valence-electron chi connectivity index (χ2n) is 9.36. The van der Waals surface area contributed by atoms with Crippen LogP contribution >= 0.6 is 0 Å². The van der Waals surface area contributed by atoms with Gasteiger partial charge in [-0.1, -0.05) is 54.6 Å². The zero-order valence-electron chi connectivity index (χ0n) is 20.3. The first-order chi connectivity index (χ1) is 18.2. The molecule has 0 aliphatic carbocycles. The van der Waals surface area contributed by atoms with E-state index in [0.29, 0.717) is 17.5 Å². The third-order valence-electron chi connectivity index (χ3n) is 7.05. The lowest BCUT2D eigenvalue weighted by atomic mass is 9.98. The van der Waals surface area contributed by atoms with Gasteiger partial charge in [0.05, 0.1) is 29.9 Å². The summed E-state index contributed by atoms with van der Waals surface area (Å²) in [4.78, 5) is 19.2. The van der Waals surface area contributed by atoms with Crippen LogP contribution in [0, 0.1) is 6.57 Å². The summed E-state index contributed by atoms with van der Waals surface area (Å²) in [5.41, 5.74) is 12.6. The van der Waals surface area contributed by atoms with Crippen LogP contribution in [-0.2, 0) is 6.54 Å². The van der Waals surface area contributed by atoms with E-state index in [-0.39, 0.29) is 0 Å². The van der Waals surface area contributed by atoms with Crippen LogP contribution in [-0.4, -0.2) is 42.7 Å². The highest BCUT2D eigenvalue weighted by atomic mass is 15.3. The van der Waals surface area contributed by atoms with E-state index in [1.165, 1.54) is 11.9 Å². The molecule has 1 saturated heterocycles. The average Bonchev–Trinajstić information content (AvgIpc) is 3.40. The highest BCUT2D eigenvalue weighted by Crippen LogP contribution is 2.33. The standard InChI is InChI=1S/C29H26N8/c1-31-23-15-25(21-5-3-2-4-6-21)27(32-16-23)22-9-7-20(8-10-22)18-36-13-11-24(12-14-36)37-29-26(17-35-37)28(30)33-19-34-29/h2-10,15-17,19,24H,11-14,18H2,(H2,30,33,34). The number of aromatic nitrogens is 5. The number of nitrogen functional groups attached to an aromatic ring is 1. The maximum absolute atomic E-state index is 7.39. The monoisotopic (exact) mass is 486 g/mol. The van der Waals surface area contributed by atoms with Crippen molar-refractivity contribution in [1.29, 1.82) is 0 Å². The molecule has 2 aromatic carbocycles. The van der Waals surface area contributed by atoms with Gasteiger partial charge in [-0.05, 0) is 35.6 Å². The Morgan fingerprint density at radius 2 is 1.70 bits per heavy atom. The molecule has 2 N–H and O–H groups in total. The molecule has 37 heavy (non-hydrogen) atoms. The van der Waals surface area contributed by atoms with Gasteiger partial charge < -0.3 is 5.73 Å². The maximum Gasteiger partial charge on any atom is 0.205 e. The first-order valence-electron chi connectivity index (χ1n) is 12.4. The molecule has 6 rings (SSSR count). The van der Waals surface area contributed by atoms with Crippen molar-refractivity contribution in [2.75, 3.05) is 18.8 Å². The number of benzene rings is 2. The molecule has 182 valence electrons. The fourth-order valence-electron chi connectivity index (χ4n) is 5.08. The zero-order valence-corrected chi connectivity index (χ0v) is 20.3. The highest BCUT2D eigenvalue weighted by Gasteiger charge is 2.23. The Labute approximate surface area is 215 Å². The fourth-order valence-corrected chi connectivity index (χ4v) is 5.08. The van der Waals surface area contributed by atoms with Crippen molar-refractivity contribution in [3.8, 4) is 22.4 Å². The Morgan fingerprint density at radius 1 is 0.919 bits per heavy atom. The molecule has 8 nitrogen and oxygen atoms in total. The van der Waals surface area contributed by atoms with Gasteiger partial charge in [0.2, 0.25) is 5.69 Å². The van der Waals surface area contributed by atoms with E-state index in [4.69, 9.17) is 12.3 Å². The number of pyridine rings is 1. The van der Waals surface area contributed by atoms with Gasteiger partial charge in [0.25, 0.3) is 0 Å². The van der Waals surface area contributed by atoms with E-state index < -0.39 is 0 Å². The quantitative estimate of drug-likeness (QED) is 0.329. The summed E-state index contributed by atoms with van der Waals surface area (Å²) in [6, 6.07) is 21.0. The molecule has 0 atom stereocenters. The van der Waals surface area contributed by atoms with Crippen molar-refractivity contribution in [2.24, 2.45) is 0 Å². The van der Waals surface area contributed by atoms with Crippen LogP contribution in [0.3, 0.4) is 0 Å². The van der Waals surface area contributed by atoms with Gasteiger partial charge in [-0.15, -0.1) is 0 Å². The van der Waals surface area contributed by atoms with E-state index in [2.05, 4.69) is 66.2 Å². The lowest BCUT2D eigenvalue weighted by Gasteiger charge is -2.32. The number of fused-ring (bicyclic) bond motifs is 1. The van der Waals surface area contributed by atoms with Crippen molar-refractivity contribution in [3.63, 3.8) is 0 Å². The lowest BCUT2D eigenvalue weighted by molar-refractivity contribution is 0.175. The molecule has 0 saturated carbocycles. The van der Waals surface area contributed by atoms with Gasteiger partial charge >= 0.3 is 0 Å². The van der Waals surface area contributed by atoms with Gasteiger partial charge in [-0.25, -0.2) is 19.5 Å². The summed E-state index contributed by atoms with van der Waals surface area (Å²) in [7, 11) is 0. The lowest BCUT2D eigenvalue weighted by Crippen LogP contribution is -2.34. The minimum Gasteiger partial charge on any atom is -0.383 e. The Hall–Kier alpha value is -4.61. The van der Waals surface area contributed by atoms with Gasteiger partial charge in [0.15, 0.2) is 5.65 Å². The largest absolute Gasteiger partial charge is 0.383 e. The van der Waals surface area contributed by atoms with Gasteiger partial charge in [-0.2, -0.15) is 5.10 Å². The number of hydrogen-bond acceptors (Lipinski definition) is 6. The van der Waals surface area contributed by atoms with E-state index >= 15 is 0 Å².